The highest BCUT2D eigenvalue weighted by Crippen LogP contribution is 2.34. The molecule has 0 aliphatic heterocycles. The Balaban J connectivity index is 2.62. The third-order valence-corrected chi connectivity index (χ3v) is 2.53. The van der Waals surface area contributed by atoms with Gasteiger partial charge in [-0.3, -0.25) is 9.59 Å². The number of rotatable bonds is 3. The molecule has 0 N–H and O–H groups in total. The van der Waals surface area contributed by atoms with Gasteiger partial charge in [-0.25, -0.2) is 0 Å². The second kappa shape index (κ2) is 4.25. The lowest BCUT2D eigenvalue weighted by Crippen LogP contribution is -2.36. The zero-order chi connectivity index (χ0) is 9.84. The number of carbonyl (C=O) groups excluding carboxylic acids is 2. The van der Waals surface area contributed by atoms with E-state index < -0.39 is 17.9 Å². The van der Waals surface area contributed by atoms with E-state index >= 15 is 0 Å². The van der Waals surface area contributed by atoms with E-state index in [0.717, 1.165) is 19.3 Å². The van der Waals surface area contributed by atoms with Crippen LogP contribution in [0.5, 0.6) is 0 Å². The molecule has 0 saturated heterocycles. The van der Waals surface area contributed by atoms with Crippen LogP contribution < -0.4 is 0 Å². The van der Waals surface area contributed by atoms with Crippen molar-refractivity contribution >= 4 is 11.9 Å². The Labute approximate surface area is 77.2 Å². The van der Waals surface area contributed by atoms with Gasteiger partial charge in [0.2, 0.25) is 0 Å². The first-order valence-corrected chi connectivity index (χ1v) is 4.36. The highest BCUT2D eigenvalue weighted by atomic mass is 16.5. The summed E-state index contributed by atoms with van der Waals surface area (Å²) in [6, 6.07) is 0. The molecule has 0 bridgehead atoms. The Hall–Kier alpha value is -1.06. The minimum Gasteiger partial charge on any atom is -0.468 e. The van der Waals surface area contributed by atoms with Gasteiger partial charge in [-0.05, 0) is 18.8 Å². The zero-order valence-electron chi connectivity index (χ0n) is 7.91. The fraction of sp³-hybridized carbons (Fsp3) is 0.778. The Bertz CT molecular complexity index is 192. The van der Waals surface area contributed by atoms with E-state index in [9.17, 15) is 9.59 Å². The SMILES string of the molecule is COC(=O)C(C(=O)OC)C1CCC1. The quantitative estimate of drug-likeness (QED) is 0.482. The van der Waals surface area contributed by atoms with Crippen LogP contribution in [-0.4, -0.2) is 26.2 Å². The van der Waals surface area contributed by atoms with Crippen molar-refractivity contribution in [1.82, 2.24) is 0 Å². The minimum atomic E-state index is -0.705. The summed E-state index contributed by atoms with van der Waals surface area (Å²) < 4.78 is 9.10. The fourth-order valence-corrected chi connectivity index (χ4v) is 1.51. The Morgan fingerprint density at radius 3 is 1.85 bits per heavy atom. The summed E-state index contributed by atoms with van der Waals surface area (Å²) in [6.45, 7) is 0. The van der Waals surface area contributed by atoms with Crippen molar-refractivity contribution in [2.45, 2.75) is 19.3 Å². The van der Waals surface area contributed by atoms with Crippen LogP contribution in [0.1, 0.15) is 19.3 Å². The molecule has 1 aliphatic carbocycles. The summed E-state index contributed by atoms with van der Waals surface area (Å²) in [4.78, 5) is 22.4. The predicted octanol–water partition coefficient (Wildman–Crippen LogP) is 0.749. The number of hydrogen-bond donors (Lipinski definition) is 0. The molecule has 0 aromatic carbocycles. The maximum atomic E-state index is 11.2. The van der Waals surface area contributed by atoms with Gasteiger partial charge in [0.05, 0.1) is 14.2 Å². The van der Waals surface area contributed by atoms with Crippen LogP contribution in [-0.2, 0) is 19.1 Å². The Morgan fingerprint density at radius 1 is 1.15 bits per heavy atom. The number of methoxy groups -OCH3 is 2. The van der Waals surface area contributed by atoms with E-state index in [4.69, 9.17) is 0 Å². The number of hydrogen-bond acceptors (Lipinski definition) is 4. The highest BCUT2D eigenvalue weighted by molar-refractivity contribution is 5.95. The summed E-state index contributed by atoms with van der Waals surface area (Å²) in [7, 11) is 2.58. The van der Waals surface area contributed by atoms with Gasteiger partial charge in [0, 0.05) is 0 Å². The summed E-state index contributed by atoms with van der Waals surface area (Å²) in [5.41, 5.74) is 0. The molecule has 1 fully saturated rings. The van der Waals surface area contributed by atoms with Crippen LogP contribution in [0.15, 0.2) is 0 Å². The number of ether oxygens (including phenoxy) is 2. The van der Waals surface area contributed by atoms with Crippen LogP contribution in [0, 0.1) is 11.8 Å². The van der Waals surface area contributed by atoms with Crippen LogP contribution in [0.3, 0.4) is 0 Å². The maximum absolute atomic E-state index is 11.2. The van der Waals surface area contributed by atoms with Crippen molar-refractivity contribution in [3.63, 3.8) is 0 Å². The van der Waals surface area contributed by atoms with E-state index in [1.807, 2.05) is 0 Å². The molecule has 0 aromatic heterocycles. The van der Waals surface area contributed by atoms with E-state index in [-0.39, 0.29) is 5.92 Å². The van der Waals surface area contributed by atoms with Gasteiger partial charge in [0.15, 0.2) is 5.92 Å². The van der Waals surface area contributed by atoms with E-state index in [1.165, 1.54) is 14.2 Å². The molecule has 0 heterocycles. The van der Waals surface area contributed by atoms with Gasteiger partial charge in [0.25, 0.3) is 0 Å². The molecule has 0 amide bonds. The monoisotopic (exact) mass is 186 g/mol. The molecule has 0 atom stereocenters. The van der Waals surface area contributed by atoms with Gasteiger partial charge in [0.1, 0.15) is 0 Å². The number of esters is 2. The summed E-state index contributed by atoms with van der Waals surface area (Å²) in [5, 5.41) is 0. The largest absolute Gasteiger partial charge is 0.468 e. The van der Waals surface area contributed by atoms with Crippen LogP contribution in [0.4, 0.5) is 0 Å². The molecule has 1 aliphatic rings. The lowest BCUT2D eigenvalue weighted by Gasteiger charge is -2.29. The normalized spacial score (nSPS) is 16.5. The molecule has 74 valence electrons. The molecule has 4 nitrogen and oxygen atoms in total. The molecule has 0 spiro atoms. The molecule has 13 heavy (non-hydrogen) atoms. The first-order valence-electron chi connectivity index (χ1n) is 4.36. The Morgan fingerprint density at radius 2 is 1.62 bits per heavy atom. The molecule has 4 heteroatoms. The van der Waals surface area contributed by atoms with Crippen LogP contribution >= 0.6 is 0 Å². The van der Waals surface area contributed by atoms with E-state index in [0.29, 0.717) is 0 Å². The molecule has 1 saturated carbocycles. The summed E-state index contributed by atoms with van der Waals surface area (Å²) in [6.07, 6.45) is 2.90. The third kappa shape index (κ3) is 1.99. The molecular formula is C9H14O4. The van der Waals surface area contributed by atoms with Crippen LogP contribution in [0.2, 0.25) is 0 Å². The van der Waals surface area contributed by atoms with Gasteiger partial charge in [-0.2, -0.15) is 0 Å². The summed E-state index contributed by atoms with van der Waals surface area (Å²) >= 11 is 0. The second-order valence-electron chi connectivity index (χ2n) is 3.21. The van der Waals surface area contributed by atoms with Crippen molar-refractivity contribution in [2.75, 3.05) is 14.2 Å². The average Bonchev–Trinajstić information content (AvgIpc) is 2.08. The minimum absolute atomic E-state index is 0.125. The zero-order valence-corrected chi connectivity index (χ0v) is 7.91. The van der Waals surface area contributed by atoms with Gasteiger partial charge >= 0.3 is 11.9 Å². The van der Waals surface area contributed by atoms with Crippen molar-refractivity contribution in [3.05, 3.63) is 0 Å². The molecular weight excluding hydrogens is 172 g/mol. The first-order chi connectivity index (χ1) is 6.20. The third-order valence-electron chi connectivity index (χ3n) is 2.53. The summed E-state index contributed by atoms with van der Waals surface area (Å²) in [5.74, 6) is -1.53. The maximum Gasteiger partial charge on any atom is 0.320 e. The fourth-order valence-electron chi connectivity index (χ4n) is 1.51. The molecule has 1 rings (SSSR count). The number of carbonyl (C=O) groups is 2. The highest BCUT2D eigenvalue weighted by Gasteiger charge is 2.39. The van der Waals surface area contributed by atoms with Crippen molar-refractivity contribution in [3.8, 4) is 0 Å². The lowest BCUT2D eigenvalue weighted by molar-refractivity contribution is -0.163. The van der Waals surface area contributed by atoms with E-state index in [2.05, 4.69) is 9.47 Å². The van der Waals surface area contributed by atoms with Crippen molar-refractivity contribution in [1.29, 1.82) is 0 Å². The molecule has 0 unspecified atom stereocenters. The first kappa shape index (κ1) is 10.0. The standard InChI is InChI=1S/C9H14O4/c1-12-8(10)7(9(11)13-2)6-4-3-5-6/h6-7H,3-5H2,1-2H3. The van der Waals surface area contributed by atoms with Gasteiger partial charge < -0.3 is 9.47 Å². The average molecular weight is 186 g/mol. The van der Waals surface area contributed by atoms with Crippen molar-refractivity contribution in [2.24, 2.45) is 11.8 Å². The molecule has 0 radical (unpaired) electrons. The van der Waals surface area contributed by atoms with E-state index in [1.54, 1.807) is 0 Å². The Kier molecular flexibility index (Phi) is 3.28. The lowest BCUT2D eigenvalue weighted by atomic mass is 9.76. The van der Waals surface area contributed by atoms with Crippen LogP contribution in [0.25, 0.3) is 0 Å². The predicted molar refractivity (Wildman–Crippen MR) is 44.9 cm³/mol. The molecule has 0 aromatic rings. The van der Waals surface area contributed by atoms with Crippen molar-refractivity contribution < 1.29 is 19.1 Å². The second-order valence-corrected chi connectivity index (χ2v) is 3.21. The van der Waals surface area contributed by atoms with Gasteiger partial charge in [-0.1, -0.05) is 6.42 Å². The topological polar surface area (TPSA) is 52.6 Å². The smallest absolute Gasteiger partial charge is 0.320 e. The van der Waals surface area contributed by atoms with Gasteiger partial charge in [-0.15, -0.1) is 0 Å².